The van der Waals surface area contributed by atoms with Crippen molar-refractivity contribution < 1.29 is 0 Å². The van der Waals surface area contributed by atoms with E-state index in [1.807, 2.05) is 19.1 Å². The van der Waals surface area contributed by atoms with Crippen LogP contribution in [0.1, 0.15) is 6.92 Å². The maximum Gasteiger partial charge on any atom is 0 e. The van der Waals surface area contributed by atoms with E-state index in [0.717, 1.165) is 0 Å². The van der Waals surface area contributed by atoms with Crippen LogP contribution in [-0.4, -0.2) is 37.7 Å². The standard InChI is InChI=1S/C5H8.2Li/c1-3-5-4-2;;/h3-5H,1H2,2H3;;. The third-order valence-corrected chi connectivity index (χ3v) is 0.329. The molecule has 0 fully saturated rings. The molecule has 0 aliphatic carbocycles. The van der Waals surface area contributed by atoms with Gasteiger partial charge in [-0.05, 0) is 6.92 Å². The molecule has 0 rings (SSSR count). The summed E-state index contributed by atoms with van der Waals surface area (Å²) in [4.78, 5) is 0. The molecule has 7 heavy (non-hydrogen) atoms. The van der Waals surface area contributed by atoms with Crippen molar-refractivity contribution in [2.45, 2.75) is 6.92 Å². The average Bonchev–Trinajstić information content (AvgIpc) is 1.41. The summed E-state index contributed by atoms with van der Waals surface area (Å²) in [5.41, 5.74) is 0. The zero-order chi connectivity index (χ0) is 4.12. The van der Waals surface area contributed by atoms with Crippen molar-refractivity contribution in [3.05, 3.63) is 24.8 Å². The monoisotopic (exact) mass is 82.1 g/mol. The minimum Gasteiger partial charge on any atom is -0.0991 e. The molecule has 0 spiro atoms. The molecule has 0 aromatic rings. The SMILES string of the molecule is C=CC=CC.[Li].[Li]. The molecule has 0 nitrogen and oxygen atoms in total. The van der Waals surface area contributed by atoms with Crippen LogP contribution in [0.2, 0.25) is 0 Å². The van der Waals surface area contributed by atoms with Gasteiger partial charge in [-0.2, -0.15) is 0 Å². The molecule has 0 aliphatic heterocycles. The van der Waals surface area contributed by atoms with Crippen LogP contribution in [0, 0.1) is 0 Å². The van der Waals surface area contributed by atoms with Gasteiger partial charge >= 0.3 is 0 Å². The summed E-state index contributed by atoms with van der Waals surface area (Å²) in [6, 6.07) is 0. The molecule has 0 saturated heterocycles. The smallest absolute Gasteiger partial charge is 0 e. The van der Waals surface area contributed by atoms with Crippen LogP contribution in [0.4, 0.5) is 0 Å². The first-order valence-corrected chi connectivity index (χ1v) is 1.65. The van der Waals surface area contributed by atoms with Gasteiger partial charge < -0.3 is 0 Å². The van der Waals surface area contributed by atoms with Crippen LogP contribution in [-0.2, 0) is 0 Å². The average molecular weight is 82.0 g/mol. The molecule has 0 N–H and O–H groups in total. The third-order valence-electron chi connectivity index (χ3n) is 0.329. The van der Waals surface area contributed by atoms with Crippen molar-refractivity contribution in [2.24, 2.45) is 0 Å². The predicted octanol–water partition coefficient (Wildman–Crippen LogP) is 0.987. The van der Waals surface area contributed by atoms with Gasteiger partial charge in [0.05, 0.1) is 0 Å². The molecule has 0 amide bonds. The van der Waals surface area contributed by atoms with Gasteiger partial charge in [0.2, 0.25) is 0 Å². The van der Waals surface area contributed by atoms with Crippen molar-refractivity contribution in [1.29, 1.82) is 0 Å². The van der Waals surface area contributed by atoms with Crippen LogP contribution in [0.25, 0.3) is 0 Å². The van der Waals surface area contributed by atoms with Crippen LogP contribution in [0.15, 0.2) is 24.8 Å². The summed E-state index contributed by atoms with van der Waals surface area (Å²) in [7, 11) is 0. The van der Waals surface area contributed by atoms with Crippen LogP contribution >= 0.6 is 0 Å². The Morgan fingerprint density at radius 3 is 1.71 bits per heavy atom. The second-order valence-corrected chi connectivity index (χ2v) is 0.761. The van der Waals surface area contributed by atoms with E-state index in [-0.39, 0.29) is 37.7 Å². The number of hydrogen-bond acceptors (Lipinski definition) is 0. The largest absolute Gasteiger partial charge is 0.0991 e. The molecule has 0 unspecified atom stereocenters. The Kier molecular flexibility index (Phi) is 35.6. The van der Waals surface area contributed by atoms with E-state index >= 15 is 0 Å². The fraction of sp³-hybridized carbons (Fsp3) is 0.200. The van der Waals surface area contributed by atoms with E-state index in [1.54, 1.807) is 6.08 Å². The van der Waals surface area contributed by atoms with Gasteiger partial charge in [0.15, 0.2) is 0 Å². The van der Waals surface area contributed by atoms with Gasteiger partial charge in [0.25, 0.3) is 0 Å². The van der Waals surface area contributed by atoms with E-state index in [0.29, 0.717) is 0 Å². The third kappa shape index (κ3) is 20.4. The van der Waals surface area contributed by atoms with E-state index in [4.69, 9.17) is 0 Å². The van der Waals surface area contributed by atoms with Gasteiger partial charge in [-0.25, -0.2) is 0 Å². The maximum atomic E-state index is 3.46. The zero-order valence-electron chi connectivity index (χ0n) is 5.44. The first-order valence-electron chi connectivity index (χ1n) is 1.65. The van der Waals surface area contributed by atoms with E-state index < -0.39 is 0 Å². The minimum atomic E-state index is 0. The Labute approximate surface area is 69.4 Å². The summed E-state index contributed by atoms with van der Waals surface area (Å²) >= 11 is 0. The maximum absolute atomic E-state index is 3.46. The fourth-order valence-corrected chi connectivity index (χ4v) is 0.136. The summed E-state index contributed by atoms with van der Waals surface area (Å²) < 4.78 is 0. The van der Waals surface area contributed by atoms with Crippen molar-refractivity contribution in [3.63, 3.8) is 0 Å². The molecular weight excluding hydrogens is 73.9 g/mol. The first-order chi connectivity index (χ1) is 2.41. The van der Waals surface area contributed by atoms with Gasteiger partial charge in [-0.3, -0.25) is 0 Å². The van der Waals surface area contributed by atoms with Crippen molar-refractivity contribution in [3.8, 4) is 0 Å². The summed E-state index contributed by atoms with van der Waals surface area (Å²) in [6.45, 7) is 5.42. The molecular formula is C5H8Li2. The van der Waals surface area contributed by atoms with Gasteiger partial charge in [0.1, 0.15) is 0 Å². The first kappa shape index (κ1) is 15.6. The Hall–Kier alpha value is 0.675. The molecule has 0 bridgehead atoms. The predicted molar refractivity (Wildman–Crippen MR) is 36.5 cm³/mol. The van der Waals surface area contributed by atoms with E-state index in [1.165, 1.54) is 0 Å². The summed E-state index contributed by atoms with van der Waals surface area (Å²) in [5.74, 6) is 0. The second kappa shape index (κ2) is 15.9. The van der Waals surface area contributed by atoms with Gasteiger partial charge in [-0.1, -0.05) is 24.8 Å². The molecule has 0 atom stereocenters. The summed E-state index contributed by atoms with van der Waals surface area (Å²) in [5, 5.41) is 0. The Morgan fingerprint density at radius 2 is 1.71 bits per heavy atom. The van der Waals surface area contributed by atoms with Crippen molar-refractivity contribution >= 4 is 37.7 Å². The van der Waals surface area contributed by atoms with Crippen LogP contribution in [0.3, 0.4) is 0 Å². The second-order valence-electron chi connectivity index (χ2n) is 0.761. The Bertz CT molecular complexity index is 48.0. The summed E-state index contributed by atoms with van der Waals surface area (Å²) in [6.07, 6.45) is 5.58. The molecule has 0 heterocycles. The van der Waals surface area contributed by atoms with Crippen molar-refractivity contribution in [1.82, 2.24) is 0 Å². The van der Waals surface area contributed by atoms with E-state index in [9.17, 15) is 0 Å². The fourth-order valence-electron chi connectivity index (χ4n) is 0.136. The normalized spacial score (nSPS) is 6.43. The molecule has 0 aliphatic rings. The molecule has 30 valence electrons. The Balaban J connectivity index is -0.0000000800. The molecule has 2 heteroatoms. The van der Waals surface area contributed by atoms with Crippen molar-refractivity contribution in [2.75, 3.05) is 0 Å². The Morgan fingerprint density at radius 1 is 1.29 bits per heavy atom. The molecule has 0 aromatic heterocycles. The van der Waals surface area contributed by atoms with E-state index in [2.05, 4.69) is 6.58 Å². The molecule has 0 aromatic carbocycles. The molecule has 2 radical (unpaired) electrons. The number of allylic oxidation sites excluding steroid dienone is 3. The van der Waals surface area contributed by atoms with Crippen LogP contribution in [0.5, 0.6) is 0 Å². The quantitative estimate of drug-likeness (QED) is 0.327. The van der Waals surface area contributed by atoms with Gasteiger partial charge in [0, 0.05) is 37.7 Å². The minimum absolute atomic E-state index is 0. The number of rotatable bonds is 1. The zero-order valence-corrected chi connectivity index (χ0v) is 5.44. The van der Waals surface area contributed by atoms with Gasteiger partial charge in [-0.15, -0.1) is 0 Å². The molecule has 0 saturated carbocycles. The van der Waals surface area contributed by atoms with Crippen LogP contribution < -0.4 is 0 Å². The number of hydrogen-bond donors (Lipinski definition) is 0. The topological polar surface area (TPSA) is 0 Å².